The van der Waals surface area contributed by atoms with Crippen LogP contribution in [0.1, 0.15) is 23.5 Å². The smallest absolute Gasteiger partial charge is 0.234 e. The van der Waals surface area contributed by atoms with Gasteiger partial charge in [0.25, 0.3) is 0 Å². The Morgan fingerprint density at radius 3 is 2.43 bits per heavy atom. The van der Waals surface area contributed by atoms with Gasteiger partial charge < -0.3 is 14.4 Å². The molecule has 6 heteroatoms. The molecule has 2 aliphatic rings. The number of aromatic nitrogens is 2. The van der Waals surface area contributed by atoms with Gasteiger partial charge in [0.1, 0.15) is 17.6 Å². The van der Waals surface area contributed by atoms with E-state index in [4.69, 9.17) is 9.47 Å². The van der Waals surface area contributed by atoms with E-state index in [1.807, 2.05) is 53.4 Å². The van der Waals surface area contributed by atoms with Gasteiger partial charge in [-0.2, -0.15) is 0 Å². The Labute approximate surface area is 162 Å². The van der Waals surface area contributed by atoms with Gasteiger partial charge in [0, 0.05) is 36.5 Å². The second-order valence-corrected chi connectivity index (χ2v) is 6.97. The molecule has 3 heterocycles. The molecule has 1 fully saturated rings. The molecular weight excluding hydrogens is 354 g/mol. The summed E-state index contributed by atoms with van der Waals surface area (Å²) in [5, 5.41) is 0. The van der Waals surface area contributed by atoms with Crippen molar-refractivity contribution in [3.8, 4) is 17.4 Å². The number of ether oxygens (including phenoxy) is 2. The maximum Gasteiger partial charge on any atom is 0.234 e. The van der Waals surface area contributed by atoms with Crippen molar-refractivity contribution in [1.29, 1.82) is 0 Å². The highest BCUT2D eigenvalue weighted by Crippen LogP contribution is 2.44. The molecule has 0 bridgehead atoms. The number of fused-ring (bicyclic) bond motifs is 2. The van der Waals surface area contributed by atoms with Gasteiger partial charge in [-0.25, -0.2) is 4.98 Å². The van der Waals surface area contributed by atoms with E-state index in [0.29, 0.717) is 19.0 Å². The largest absolute Gasteiger partial charge is 0.471 e. The number of rotatable bonds is 3. The number of carbonyl (C=O) groups excluding carboxylic acids is 1. The molecular formula is C22H19N3O3. The van der Waals surface area contributed by atoms with Crippen molar-refractivity contribution in [3.05, 3.63) is 78.2 Å². The van der Waals surface area contributed by atoms with Crippen LogP contribution in [0.4, 0.5) is 0 Å². The lowest BCUT2D eigenvalue weighted by Crippen LogP contribution is -2.36. The average Bonchev–Trinajstić information content (AvgIpc) is 3.21. The van der Waals surface area contributed by atoms with Gasteiger partial charge in [-0.15, -0.1) is 0 Å². The molecule has 2 aromatic carbocycles. The van der Waals surface area contributed by atoms with E-state index in [9.17, 15) is 4.79 Å². The molecule has 1 atom stereocenters. The lowest BCUT2D eigenvalue weighted by atomic mass is 9.87. The van der Waals surface area contributed by atoms with Crippen LogP contribution in [0, 0.1) is 0 Å². The van der Waals surface area contributed by atoms with E-state index >= 15 is 0 Å². The Hall–Kier alpha value is -3.41. The maximum absolute atomic E-state index is 13.5. The molecule has 28 heavy (non-hydrogen) atoms. The fraction of sp³-hybridized carbons (Fsp3) is 0.227. The lowest BCUT2D eigenvalue weighted by Gasteiger charge is -2.30. The fourth-order valence-electron chi connectivity index (χ4n) is 3.90. The third kappa shape index (κ3) is 2.97. The molecule has 3 aromatic rings. The SMILES string of the molecule is O=C(C1c2ccccc2Oc2ccccc21)N1CCC(Oc2cnccn2)C1. The molecule has 1 unspecified atom stereocenters. The Morgan fingerprint density at radius 2 is 1.75 bits per heavy atom. The van der Waals surface area contributed by atoms with Crippen molar-refractivity contribution < 1.29 is 14.3 Å². The first-order valence-corrected chi connectivity index (χ1v) is 9.37. The number of para-hydroxylation sites is 2. The summed E-state index contributed by atoms with van der Waals surface area (Å²) in [5.74, 6) is 1.69. The summed E-state index contributed by atoms with van der Waals surface area (Å²) < 4.78 is 11.9. The van der Waals surface area contributed by atoms with Crippen LogP contribution in [-0.4, -0.2) is 40.0 Å². The highest BCUT2D eigenvalue weighted by molar-refractivity contribution is 5.90. The molecule has 140 valence electrons. The van der Waals surface area contributed by atoms with Gasteiger partial charge in [-0.05, 0) is 12.1 Å². The van der Waals surface area contributed by atoms with Crippen LogP contribution < -0.4 is 9.47 Å². The summed E-state index contributed by atoms with van der Waals surface area (Å²) in [6, 6.07) is 15.5. The number of hydrogen-bond acceptors (Lipinski definition) is 5. The van der Waals surface area contributed by atoms with Crippen molar-refractivity contribution in [1.82, 2.24) is 14.9 Å². The zero-order chi connectivity index (χ0) is 18.9. The third-order valence-electron chi connectivity index (χ3n) is 5.21. The molecule has 0 N–H and O–H groups in total. The van der Waals surface area contributed by atoms with Crippen molar-refractivity contribution >= 4 is 5.91 Å². The van der Waals surface area contributed by atoms with Gasteiger partial charge >= 0.3 is 0 Å². The molecule has 0 saturated carbocycles. The number of likely N-dealkylation sites (tertiary alicyclic amines) is 1. The van der Waals surface area contributed by atoms with Gasteiger partial charge in [-0.3, -0.25) is 9.78 Å². The molecule has 1 aromatic heterocycles. The zero-order valence-electron chi connectivity index (χ0n) is 15.2. The second kappa shape index (κ2) is 6.96. The maximum atomic E-state index is 13.5. The molecule has 2 aliphatic heterocycles. The van der Waals surface area contributed by atoms with E-state index in [1.54, 1.807) is 18.6 Å². The van der Waals surface area contributed by atoms with E-state index < -0.39 is 0 Å². The van der Waals surface area contributed by atoms with Crippen molar-refractivity contribution in [2.45, 2.75) is 18.4 Å². The molecule has 1 amide bonds. The van der Waals surface area contributed by atoms with E-state index in [0.717, 1.165) is 29.0 Å². The van der Waals surface area contributed by atoms with Crippen molar-refractivity contribution in [2.24, 2.45) is 0 Å². The standard InChI is InChI=1S/C22H19N3O3/c26-22(25-12-9-15(14-25)27-20-13-23-10-11-24-20)21-16-5-1-3-7-18(16)28-19-8-4-2-6-17(19)21/h1-8,10-11,13,15,21H,9,12,14H2. The molecule has 0 aliphatic carbocycles. The highest BCUT2D eigenvalue weighted by Gasteiger charge is 2.38. The first kappa shape index (κ1) is 16.7. The minimum absolute atomic E-state index is 0.0773. The minimum atomic E-state index is -0.364. The Kier molecular flexibility index (Phi) is 4.16. The fourth-order valence-corrected chi connectivity index (χ4v) is 3.90. The normalized spacial score (nSPS) is 18.1. The van der Waals surface area contributed by atoms with Crippen molar-refractivity contribution in [3.63, 3.8) is 0 Å². The second-order valence-electron chi connectivity index (χ2n) is 6.97. The topological polar surface area (TPSA) is 64.5 Å². The first-order chi connectivity index (χ1) is 13.8. The van der Waals surface area contributed by atoms with Crippen LogP contribution in [0.5, 0.6) is 17.4 Å². The average molecular weight is 373 g/mol. The molecule has 1 saturated heterocycles. The van der Waals surface area contributed by atoms with Crippen LogP contribution >= 0.6 is 0 Å². The van der Waals surface area contributed by atoms with Crippen LogP contribution in [0.2, 0.25) is 0 Å². The van der Waals surface area contributed by atoms with Crippen LogP contribution in [0.3, 0.4) is 0 Å². The summed E-state index contributed by atoms with van der Waals surface area (Å²) in [4.78, 5) is 23.6. The summed E-state index contributed by atoms with van der Waals surface area (Å²) in [5.41, 5.74) is 1.81. The van der Waals surface area contributed by atoms with Crippen LogP contribution in [-0.2, 0) is 4.79 Å². The predicted molar refractivity (Wildman–Crippen MR) is 102 cm³/mol. The number of amides is 1. The Bertz CT molecular complexity index is 963. The van der Waals surface area contributed by atoms with Crippen LogP contribution in [0.25, 0.3) is 0 Å². The Morgan fingerprint density at radius 1 is 1.04 bits per heavy atom. The summed E-state index contributed by atoms with van der Waals surface area (Å²) in [6.45, 7) is 1.20. The summed E-state index contributed by atoms with van der Waals surface area (Å²) in [6.07, 6.45) is 5.50. The Balaban J connectivity index is 1.40. The molecule has 6 nitrogen and oxygen atoms in total. The number of hydrogen-bond donors (Lipinski definition) is 0. The molecule has 0 spiro atoms. The van der Waals surface area contributed by atoms with Gasteiger partial charge in [-0.1, -0.05) is 36.4 Å². The summed E-state index contributed by atoms with van der Waals surface area (Å²) >= 11 is 0. The minimum Gasteiger partial charge on any atom is -0.471 e. The summed E-state index contributed by atoms with van der Waals surface area (Å²) in [7, 11) is 0. The molecule has 5 rings (SSSR count). The van der Waals surface area contributed by atoms with Crippen molar-refractivity contribution in [2.75, 3.05) is 13.1 Å². The lowest BCUT2D eigenvalue weighted by molar-refractivity contribution is -0.131. The van der Waals surface area contributed by atoms with Gasteiger partial charge in [0.05, 0.1) is 18.7 Å². The highest BCUT2D eigenvalue weighted by atomic mass is 16.5. The van der Waals surface area contributed by atoms with E-state index in [1.165, 1.54) is 0 Å². The van der Waals surface area contributed by atoms with Crippen LogP contribution in [0.15, 0.2) is 67.1 Å². The number of benzene rings is 2. The predicted octanol–water partition coefficient (Wildman–Crippen LogP) is 3.39. The van der Waals surface area contributed by atoms with Gasteiger partial charge in [0.15, 0.2) is 0 Å². The van der Waals surface area contributed by atoms with Gasteiger partial charge in [0.2, 0.25) is 11.8 Å². The monoisotopic (exact) mass is 373 g/mol. The molecule has 0 radical (unpaired) electrons. The first-order valence-electron chi connectivity index (χ1n) is 9.37. The number of carbonyl (C=O) groups is 1. The van der Waals surface area contributed by atoms with E-state index in [2.05, 4.69) is 9.97 Å². The zero-order valence-corrected chi connectivity index (χ0v) is 15.2. The number of nitrogens with zero attached hydrogens (tertiary/aromatic N) is 3. The van der Waals surface area contributed by atoms with E-state index in [-0.39, 0.29) is 17.9 Å². The third-order valence-corrected chi connectivity index (χ3v) is 5.21. The quantitative estimate of drug-likeness (QED) is 0.704.